The van der Waals surface area contributed by atoms with Gasteiger partial charge in [-0.05, 0) is 67.3 Å². The van der Waals surface area contributed by atoms with Crippen molar-refractivity contribution in [2.45, 2.75) is 57.1 Å². The van der Waals surface area contributed by atoms with Crippen LogP contribution in [0.1, 0.15) is 37.0 Å². The summed E-state index contributed by atoms with van der Waals surface area (Å²) in [6.07, 6.45) is 0.969. The number of hydrogen-bond donors (Lipinski definition) is 1. The number of sulfonamides is 1. The zero-order valence-corrected chi connectivity index (χ0v) is 26.8. The summed E-state index contributed by atoms with van der Waals surface area (Å²) < 4.78 is 29.1. The zero-order valence-electron chi connectivity index (χ0n) is 25.2. The molecule has 0 bridgehead atoms. The van der Waals surface area contributed by atoms with Crippen LogP contribution >= 0.6 is 11.6 Å². The number of rotatable bonds is 13. The molecule has 9 heteroatoms. The van der Waals surface area contributed by atoms with Crippen LogP contribution in [0.5, 0.6) is 0 Å². The van der Waals surface area contributed by atoms with Gasteiger partial charge in [0.1, 0.15) is 12.6 Å². The molecule has 2 atom stereocenters. The van der Waals surface area contributed by atoms with Gasteiger partial charge in [0.05, 0.1) is 10.6 Å². The quantitative estimate of drug-likeness (QED) is 0.185. The highest BCUT2D eigenvalue weighted by molar-refractivity contribution is 7.92. The minimum Gasteiger partial charge on any atom is -0.352 e. The number of carbonyl (C=O) groups is 2. The maximum atomic E-state index is 14.5. The standard InChI is InChI=1S/C35H38ClN3O4S/c1-4-27(3)37-35(41)33(22-28-15-7-5-8-16-28)38(24-29-17-12-11-14-26(29)2)34(40)25-39(31-19-13-18-30(36)23-31)44(42,43)32-20-9-6-10-21-32/h5-21,23,27,33H,4,22,24-25H2,1-3H3,(H,37,41). The summed E-state index contributed by atoms with van der Waals surface area (Å²) in [5, 5.41) is 3.38. The number of halogens is 1. The second-order valence-corrected chi connectivity index (χ2v) is 13.1. The lowest BCUT2D eigenvalue weighted by atomic mass is 10.0. The minimum absolute atomic E-state index is 0.0357. The van der Waals surface area contributed by atoms with Crippen LogP contribution in [0.15, 0.2) is 114 Å². The summed E-state index contributed by atoms with van der Waals surface area (Å²) in [4.78, 5) is 29.9. The van der Waals surface area contributed by atoms with Crippen molar-refractivity contribution in [3.8, 4) is 0 Å². The Morgan fingerprint density at radius 2 is 1.50 bits per heavy atom. The van der Waals surface area contributed by atoms with Gasteiger partial charge in [0.2, 0.25) is 11.8 Å². The van der Waals surface area contributed by atoms with E-state index in [0.717, 1.165) is 21.0 Å². The molecule has 0 saturated heterocycles. The molecule has 0 aliphatic carbocycles. The predicted molar refractivity (Wildman–Crippen MR) is 176 cm³/mol. The number of amides is 2. The van der Waals surface area contributed by atoms with Gasteiger partial charge in [-0.25, -0.2) is 8.42 Å². The Bertz CT molecular complexity index is 1670. The van der Waals surface area contributed by atoms with E-state index >= 15 is 0 Å². The molecule has 0 radical (unpaired) electrons. The molecular formula is C35H38ClN3O4S. The fourth-order valence-corrected chi connectivity index (χ4v) is 6.46. The Morgan fingerprint density at radius 1 is 0.864 bits per heavy atom. The van der Waals surface area contributed by atoms with Gasteiger partial charge in [-0.1, -0.05) is 97.4 Å². The van der Waals surface area contributed by atoms with Crippen LogP contribution in [0.3, 0.4) is 0 Å². The predicted octanol–water partition coefficient (Wildman–Crippen LogP) is 6.40. The SMILES string of the molecule is CCC(C)NC(=O)C(Cc1ccccc1)N(Cc1ccccc1C)C(=O)CN(c1cccc(Cl)c1)S(=O)(=O)c1ccccc1. The van der Waals surface area contributed by atoms with Crippen molar-refractivity contribution in [2.75, 3.05) is 10.8 Å². The summed E-state index contributed by atoms with van der Waals surface area (Å²) >= 11 is 6.28. The monoisotopic (exact) mass is 631 g/mol. The molecule has 0 aliphatic heterocycles. The van der Waals surface area contributed by atoms with E-state index in [0.29, 0.717) is 11.4 Å². The molecular weight excluding hydrogens is 594 g/mol. The highest BCUT2D eigenvalue weighted by atomic mass is 35.5. The van der Waals surface area contributed by atoms with Crippen molar-refractivity contribution in [2.24, 2.45) is 0 Å². The van der Waals surface area contributed by atoms with Crippen LogP contribution < -0.4 is 9.62 Å². The summed E-state index contributed by atoms with van der Waals surface area (Å²) in [5.74, 6) is -0.821. The fraction of sp³-hybridized carbons (Fsp3) is 0.257. The Hall–Kier alpha value is -4.14. The number of benzene rings is 4. The van der Waals surface area contributed by atoms with Gasteiger partial charge in [0, 0.05) is 24.0 Å². The first-order valence-corrected chi connectivity index (χ1v) is 16.4. The third-order valence-corrected chi connectivity index (χ3v) is 9.60. The lowest BCUT2D eigenvalue weighted by molar-refractivity contribution is -0.140. The highest BCUT2D eigenvalue weighted by Crippen LogP contribution is 2.27. The molecule has 0 aliphatic rings. The normalized spacial score (nSPS) is 12.6. The van der Waals surface area contributed by atoms with Crippen LogP contribution in [0.25, 0.3) is 0 Å². The van der Waals surface area contributed by atoms with Crippen molar-refractivity contribution >= 4 is 39.1 Å². The molecule has 1 N–H and O–H groups in total. The Labute approximate surface area is 265 Å². The molecule has 7 nitrogen and oxygen atoms in total. The van der Waals surface area contributed by atoms with Gasteiger partial charge < -0.3 is 10.2 Å². The molecule has 44 heavy (non-hydrogen) atoms. The molecule has 4 aromatic carbocycles. The van der Waals surface area contributed by atoms with E-state index in [-0.39, 0.29) is 35.5 Å². The molecule has 0 fully saturated rings. The van der Waals surface area contributed by atoms with Crippen LogP contribution in [-0.4, -0.2) is 43.8 Å². The van der Waals surface area contributed by atoms with E-state index in [1.165, 1.54) is 23.1 Å². The summed E-state index contributed by atoms with van der Waals surface area (Å²) in [6, 6.07) is 30.5. The van der Waals surface area contributed by atoms with Gasteiger partial charge in [-0.2, -0.15) is 0 Å². The molecule has 4 rings (SSSR count). The van der Waals surface area contributed by atoms with Crippen LogP contribution in [0.2, 0.25) is 5.02 Å². The molecule has 0 spiro atoms. The largest absolute Gasteiger partial charge is 0.352 e. The maximum absolute atomic E-state index is 14.5. The van der Waals surface area contributed by atoms with Crippen LogP contribution in [0, 0.1) is 6.92 Å². The average molecular weight is 632 g/mol. The van der Waals surface area contributed by atoms with E-state index in [2.05, 4.69) is 5.32 Å². The van der Waals surface area contributed by atoms with E-state index in [1.54, 1.807) is 36.4 Å². The molecule has 2 amide bonds. The van der Waals surface area contributed by atoms with E-state index < -0.39 is 28.5 Å². The maximum Gasteiger partial charge on any atom is 0.264 e. The molecule has 230 valence electrons. The molecule has 0 aromatic heterocycles. The minimum atomic E-state index is -4.18. The first-order valence-electron chi connectivity index (χ1n) is 14.6. The molecule has 0 saturated carbocycles. The number of nitrogens with zero attached hydrogens (tertiary/aromatic N) is 2. The number of aryl methyl sites for hydroxylation is 1. The molecule has 0 heterocycles. The number of hydrogen-bond acceptors (Lipinski definition) is 4. The third kappa shape index (κ3) is 8.27. The van der Waals surface area contributed by atoms with Gasteiger partial charge in [0.25, 0.3) is 10.0 Å². The number of nitrogens with one attached hydrogen (secondary N) is 1. The van der Waals surface area contributed by atoms with Gasteiger partial charge >= 0.3 is 0 Å². The van der Waals surface area contributed by atoms with Gasteiger partial charge in [-0.3, -0.25) is 13.9 Å². The van der Waals surface area contributed by atoms with Crippen molar-refractivity contribution in [3.05, 3.63) is 131 Å². The Morgan fingerprint density at radius 3 is 2.14 bits per heavy atom. The van der Waals surface area contributed by atoms with Crippen molar-refractivity contribution in [1.82, 2.24) is 10.2 Å². The van der Waals surface area contributed by atoms with Gasteiger partial charge in [-0.15, -0.1) is 0 Å². The van der Waals surface area contributed by atoms with Crippen molar-refractivity contribution < 1.29 is 18.0 Å². The first-order chi connectivity index (χ1) is 21.1. The fourth-order valence-electron chi connectivity index (χ4n) is 4.85. The summed E-state index contributed by atoms with van der Waals surface area (Å²) in [6.45, 7) is 5.42. The first kappa shape index (κ1) is 32.8. The molecule has 2 unspecified atom stereocenters. The molecule has 4 aromatic rings. The second-order valence-electron chi connectivity index (χ2n) is 10.8. The van der Waals surface area contributed by atoms with Crippen molar-refractivity contribution in [1.29, 1.82) is 0 Å². The van der Waals surface area contributed by atoms with E-state index in [1.807, 2.05) is 75.4 Å². The van der Waals surface area contributed by atoms with Gasteiger partial charge in [0.15, 0.2) is 0 Å². The zero-order chi connectivity index (χ0) is 31.7. The second kappa shape index (κ2) is 15.0. The summed E-state index contributed by atoms with van der Waals surface area (Å²) in [5.41, 5.74) is 2.93. The number of anilines is 1. The third-order valence-electron chi connectivity index (χ3n) is 7.58. The van der Waals surface area contributed by atoms with Crippen LogP contribution in [-0.2, 0) is 32.6 Å². The average Bonchev–Trinajstić information content (AvgIpc) is 3.03. The highest BCUT2D eigenvalue weighted by Gasteiger charge is 2.35. The van der Waals surface area contributed by atoms with Crippen LogP contribution in [0.4, 0.5) is 5.69 Å². The lowest BCUT2D eigenvalue weighted by Crippen LogP contribution is -2.54. The Balaban J connectivity index is 1.81. The topological polar surface area (TPSA) is 86.8 Å². The Kier molecular flexibility index (Phi) is 11.2. The summed E-state index contributed by atoms with van der Waals surface area (Å²) in [7, 11) is -4.18. The van der Waals surface area contributed by atoms with E-state index in [9.17, 15) is 18.0 Å². The lowest BCUT2D eigenvalue weighted by Gasteiger charge is -2.34. The smallest absolute Gasteiger partial charge is 0.264 e. The van der Waals surface area contributed by atoms with Crippen molar-refractivity contribution in [3.63, 3.8) is 0 Å². The number of carbonyl (C=O) groups excluding carboxylic acids is 2. The van der Waals surface area contributed by atoms with E-state index in [4.69, 9.17) is 11.6 Å².